The van der Waals surface area contributed by atoms with E-state index in [1.807, 2.05) is 20.8 Å². The van der Waals surface area contributed by atoms with Gasteiger partial charge in [-0.15, -0.1) is 0 Å². The Hall–Kier alpha value is -0.770. The molecule has 0 atom stereocenters. The van der Waals surface area contributed by atoms with Crippen molar-refractivity contribution in [2.24, 2.45) is 5.73 Å². The molecule has 0 aromatic rings. The molecule has 1 aliphatic carbocycles. The summed E-state index contributed by atoms with van der Waals surface area (Å²) in [6.45, 7) is 5.70. The van der Waals surface area contributed by atoms with Gasteiger partial charge in [-0.05, 0) is 46.5 Å². The fourth-order valence-corrected chi connectivity index (χ4v) is 2.33. The van der Waals surface area contributed by atoms with Gasteiger partial charge in [0.2, 0.25) is 0 Å². The molecule has 0 saturated heterocycles. The Morgan fingerprint density at radius 3 is 2.07 bits per heavy atom. The minimum Gasteiger partial charge on any atom is -0.530 e. The molecular formula is C11H21N2O2-. The van der Waals surface area contributed by atoms with E-state index in [1.54, 1.807) is 0 Å². The normalized spacial score (nSPS) is 27.5. The number of carbonyl (C=O) groups is 1. The molecular weight excluding hydrogens is 192 g/mol. The maximum absolute atomic E-state index is 11.1. The largest absolute Gasteiger partial charge is 0.530 e. The van der Waals surface area contributed by atoms with Gasteiger partial charge in [0.15, 0.2) is 0 Å². The molecule has 0 spiro atoms. The summed E-state index contributed by atoms with van der Waals surface area (Å²) in [6, 6.07) is 0.319. The molecule has 0 aromatic heterocycles. The summed E-state index contributed by atoms with van der Waals surface area (Å²) in [5.41, 5.74) is 5.42. The molecule has 88 valence electrons. The van der Waals surface area contributed by atoms with Gasteiger partial charge in [-0.1, -0.05) is 0 Å². The van der Waals surface area contributed by atoms with Gasteiger partial charge in [0, 0.05) is 17.6 Å². The zero-order chi connectivity index (χ0) is 11.6. The Bertz CT molecular complexity index is 227. The third-order valence-corrected chi connectivity index (χ3v) is 3.03. The van der Waals surface area contributed by atoms with E-state index in [2.05, 4.69) is 0 Å². The second-order valence-corrected chi connectivity index (χ2v) is 5.38. The summed E-state index contributed by atoms with van der Waals surface area (Å²) in [4.78, 5) is 12.6. The lowest BCUT2D eigenvalue weighted by molar-refractivity contribution is -0.274. The van der Waals surface area contributed by atoms with Crippen molar-refractivity contribution in [3.05, 3.63) is 0 Å². The fourth-order valence-electron chi connectivity index (χ4n) is 2.33. The van der Waals surface area contributed by atoms with Crippen molar-refractivity contribution in [3.63, 3.8) is 0 Å². The third kappa shape index (κ3) is 3.09. The molecule has 0 bridgehead atoms. The van der Waals surface area contributed by atoms with Crippen LogP contribution in [0.1, 0.15) is 46.5 Å². The first kappa shape index (κ1) is 12.3. The van der Waals surface area contributed by atoms with Crippen LogP contribution in [0.3, 0.4) is 0 Å². The van der Waals surface area contributed by atoms with Crippen molar-refractivity contribution >= 4 is 6.09 Å². The molecule has 0 radical (unpaired) electrons. The summed E-state index contributed by atoms with van der Waals surface area (Å²) in [5.74, 6) is 0. The molecule has 2 N–H and O–H groups in total. The van der Waals surface area contributed by atoms with Crippen molar-refractivity contribution < 1.29 is 9.90 Å². The summed E-state index contributed by atoms with van der Waals surface area (Å²) in [5, 5.41) is 11.1. The van der Waals surface area contributed by atoms with E-state index in [0.717, 1.165) is 25.7 Å². The predicted octanol–water partition coefficient (Wildman–Crippen LogP) is 0.700. The van der Waals surface area contributed by atoms with E-state index in [1.165, 1.54) is 4.90 Å². The monoisotopic (exact) mass is 213 g/mol. The molecule has 1 fully saturated rings. The highest BCUT2D eigenvalue weighted by molar-refractivity contribution is 5.64. The van der Waals surface area contributed by atoms with Gasteiger partial charge in [-0.3, -0.25) is 0 Å². The Labute approximate surface area is 91.4 Å². The molecule has 0 unspecified atom stereocenters. The van der Waals surface area contributed by atoms with Gasteiger partial charge in [0.25, 0.3) is 0 Å². The molecule has 1 aliphatic rings. The molecule has 1 amide bonds. The topological polar surface area (TPSA) is 69.4 Å². The van der Waals surface area contributed by atoms with Gasteiger partial charge in [0.1, 0.15) is 6.09 Å². The molecule has 0 aromatic carbocycles. The van der Waals surface area contributed by atoms with Crippen molar-refractivity contribution in [3.8, 4) is 0 Å². The maximum atomic E-state index is 11.1. The number of rotatable bonds is 1. The molecule has 4 heteroatoms. The average molecular weight is 213 g/mol. The summed E-state index contributed by atoms with van der Waals surface area (Å²) < 4.78 is 0. The highest BCUT2D eigenvalue weighted by Gasteiger charge is 2.31. The SMILES string of the molecule is CC(C)(C)N(C(=O)[O-])C1CCC(N)CC1. The van der Waals surface area contributed by atoms with E-state index >= 15 is 0 Å². The van der Waals surface area contributed by atoms with Crippen LogP contribution in [0, 0.1) is 0 Å². The Morgan fingerprint density at radius 2 is 1.73 bits per heavy atom. The minimum atomic E-state index is -1.07. The lowest BCUT2D eigenvalue weighted by atomic mass is 9.88. The number of carbonyl (C=O) groups excluding carboxylic acids is 1. The van der Waals surface area contributed by atoms with E-state index in [-0.39, 0.29) is 17.6 Å². The second kappa shape index (κ2) is 4.39. The van der Waals surface area contributed by atoms with Crippen molar-refractivity contribution in [2.45, 2.75) is 64.1 Å². The van der Waals surface area contributed by atoms with Crippen LogP contribution in [0.5, 0.6) is 0 Å². The lowest BCUT2D eigenvalue weighted by Crippen LogP contribution is -2.57. The van der Waals surface area contributed by atoms with Gasteiger partial charge in [0.05, 0.1) is 0 Å². The first-order chi connectivity index (χ1) is 6.82. The van der Waals surface area contributed by atoms with Crippen LogP contribution >= 0.6 is 0 Å². The molecule has 1 saturated carbocycles. The molecule has 0 heterocycles. The minimum absolute atomic E-state index is 0.0785. The first-order valence-electron chi connectivity index (χ1n) is 5.58. The Balaban J connectivity index is 2.69. The van der Waals surface area contributed by atoms with Crippen LogP contribution < -0.4 is 10.8 Å². The van der Waals surface area contributed by atoms with Crippen LogP contribution in [-0.4, -0.2) is 28.6 Å². The van der Waals surface area contributed by atoms with E-state index in [4.69, 9.17) is 5.73 Å². The smallest absolute Gasteiger partial charge is 0.137 e. The molecule has 15 heavy (non-hydrogen) atoms. The van der Waals surface area contributed by atoms with E-state index in [0.29, 0.717) is 0 Å². The number of hydrogen-bond donors (Lipinski definition) is 1. The van der Waals surface area contributed by atoms with Crippen LogP contribution in [0.2, 0.25) is 0 Å². The highest BCUT2D eigenvalue weighted by Crippen LogP contribution is 2.27. The van der Waals surface area contributed by atoms with Crippen LogP contribution in [0.4, 0.5) is 4.79 Å². The summed E-state index contributed by atoms with van der Waals surface area (Å²) >= 11 is 0. The van der Waals surface area contributed by atoms with Crippen molar-refractivity contribution in [2.75, 3.05) is 0 Å². The fraction of sp³-hybridized carbons (Fsp3) is 0.909. The molecule has 4 nitrogen and oxygen atoms in total. The third-order valence-electron chi connectivity index (χ3n) is 3.03. The van der Waals surface area contributed by atoms with Crippen LogP contribution in [0.25, 0.3) is 0 Å². The van der Waals surface area contributed by atoms with Crippen molar-refractivity contribution in [1.29, 1.82) is 0 Å². The van der Waals surface area contributed by atoms with Gasteiger partial charge >= 0.3 is 0 Å². The van der Waals surface area contributed by atoms with Crippen LogP contribution in [-0.2, 0) is 0 Å². The van der Waals surface area contributed by atoms with Gasteiger partial charge in [-0.2, -0.15) is 0 Å². The second-order valence-electron chi connectivity index (χ2n) is 5.38. The van der Waals surface area contributed by atoms with Crippen molar-refractivity contribution in [1.82, 2.24) is 4.90 Å². The lowest BCUT2D eigenvalue weighted by Gasteiger charge is -2.46. The highest BCUT2D eigenvalue weighted by atomic mass is 16.4. The van der Waals surface area contributed by atoms with Crippen LogP contribution in [0.15, 0.2) is 0 Å². The number of nitrogens with zero attached hydrogens (tertiary/aromatic N) is 1. The summed E-state index contributed by atoms with van der Waals surface area (Å²) in [7, 11) is 0. The standard InChI is InChI=1S/C11H22N2O2/c1-11(2,3)13(10(14)15)9-6-4-8(12)5-7-9/h8-9H,4-7,12H2,1-3H3,(H,14,15)/p-1. The maximum Gasteiger partial charge on any atom is 0.137 e. The Morgan fingerprint density at radius 1 is 1.27 bits per heavy atom. The number of amides is 1. The molecule has 1 rings (SSSR count). The first-order valence-corrected chi connectivity index (χ1v) is 5.58. The molecule has 0 aliphatic heterocycles. The number of carboxylic acid groups (broad SMARTS) is 1. The Kier molecular flexibility index (Phi) is 3.60. The average Bonchev–Trinajstić information content (AvgIpc) is 2.05. The predicted molar refractivity (Wildman–Crippen MR) is 57.2 cm³/mol. The summed E-state index contributed by atoms with van der Waals surface area (Å²) in [6.07, 6.45) is 2.46. The zero-order valence-electron chi connectivity index (χ0n) is 9.82. The van der Waals surface area contributed by atoms with Gasteiger partial charge in [-0.25, -0.2) is 0 Å². The van der Waals surface area contributed by atoms with E-state index < -0.39 is 6.09 Å². The zero-order valence-corrected chi connectivity index (χ0v) is 9.82. The quantitative estimate of drug-likeness (QED) is 0.697. The number of nitrogens with two attached hydrogens (primary N) is 1. The van der Waals surface area contributed by atoms with E-state index in [9.17, 15) is 9.90 Å². The van der Waals surface area contributed by atoms with Gasteiger partial charge < -0.3 is 20.5 Å². The number of hydrogen-bond acceptors (Lipinski definition) is 3.